The minimum atomic E-state index is -0.753. The number of amides is 1. The van der Waals surface area contributed by atoms with Crippen molar-refractivity contribution < 1.29 is 9.53 Å². The Morgan fingerprint density at radius 2 is 2.12 bits per heavy atom. The molecule has 2 atom stereocenters. The molecule has 2 rings (SSSR count). The molecule has 94 valence electrons. The molecule has 0 radical (unpaired) electrons. The average molecular weight is 236 g/mol. The number of rotatable bonds is 2. The first-order valence-corrected chi connectivity index (χ1v) is 6.30. The Morgan fingerprint density at radius 1 is 1.47 bits per heavy atom. The van der Waals surface area contributed by atoms with Gasteiger partial charge in [-0.25, -0.2) is 0 Å². The largest absolute Gasteiger partial charge is 0.376 e. The van der Waals surface area contributed by atoms with E-state index in [1.54, 1.807) is 11.9 Å². The van der Waals surface area contributed by atoms with Gasteiger partial charge in [-0.1, -0.05) is 6.92 Å². The van der Waals surface area contributed by atoms with Crippen molar-refractivity contribution in [2.45, 2.75) is 45.3 Å². The van der Waals surface area contributed by atoms with Crippen LogP contribution in [0.15, 0.2) is 0 Å². The molecule has 4 nitrogen and oxygen atoms in total. The van der Waals surface area contributed by atoms with Crippen LogP contribution in [-0.2, 0) is 9.53 Å². The highest BCUT2D eigenvalue weighted by atomic mass is 16.5. The number of hydrogen-bond donors (Lipinski definition) is 0. The SMILES string of the molecule is CC1CC(C#N)(C(=O)N(C)C2CCOC2C)C1. The molecule has 4 heteroatoms. The van der Waals surface area contributed by atoms with Crippen molar-refractivity contribution in [3.05, 3.63) is 0 Å². The smallest absolute Gasteiger partial charge is 0.243 e. The highest BCUT2D eigenvalue weighted by Gasteiger charge is 2.51. The first-order valence-electron chi connectivity index (χ1n) is 6.30. The Labute approximate surface area is 103 Å². The monoisotopic (exact) mass is 236 g/mol. The van der Waals surface area contributed by atoms with Gasteiger partial charge in [0, 0.05) is 13.7 Å². The van der Waals surface area contributed by atoms with E-state index < -0.39 is 5.41 Å². The lowest BCUT2D eigenvalue weighted by Crippen LogP contribution is -2.53. The molecule has 1 saturated carbocycles. The van der Waals surface area contributed by atoms with Gasteiger partial charge in [0.2, 0.25) is 5.91 Å². The van der Waals surface area contributed by atoms with Gasteiger partial charge in [-0.05, 0) is 32.1 Å². The van der Waals surface area contributed by atoms with Gasteiger partial charge in [0.05, 0.1) is 18.2 Å². The summed E-state index contributed by atoms with van der Waals surface area (Å²) in [7, 11) is 1.81. The molecule has 0 spiro atoms. The summed E-state index contributed by atoms with van der Waals surface area (Å²) in [5, 5.41) is 9.25. The lowest BCUT2D eigenvalue weighted by Gasteiger charge is -2.43. The lowest BCUT2D eigenvalue weighted by atomic mass is 9.62. The first kappa shape index (κ1) is 12.4. The molecule has 0 aromatic carbocycles. The molecule has 1 aliphatic carbocycles. The van der Waals surface area contributed by atoms with Crippen LogP contribution in [0.4, 0.5) is 0 Å². The maximum atomic E-state index is 12.4. The van der Waals surface area contributed by atoms with Gasteiger partial charge in [-0.15, -0.1) is 0 Å². The minimum absolute atomic E-state index is 0.0135. The van der Waals surface area contributed by atoms with Crippen molar-refractivity contribution in [1.29, 1.82) is 5.26 Å². The van der Waals surface area contributed by atoms with E-state index in [1.165, 1.54) is 0 Å². The van der Waals surface area contributed by atoms with E-state index in [-0.39, 0.29) is 18.1 Å². The predicted octanol–water partition coefficient (Wildman–Crippen LogP) is 1.56. The minimum Gasteiger partial charge on any atom is -0.376 e. The van der Waals surface area contributed by atoms with Gasteiger partial charge in [0.15, 0.2) is 0 Å². The molecule has 2 fully saturated rings. The molecular weight excluding hydrogens is 216 g/mol. The van der Waals surface area contributed by atoms with Crippen molar-refractivity contribution in [2.75, 3.05) is 13.7 Å². The molecule has 2 aliphatic rings. The van der Waals surface area contributed by atoms with Gasteiger partial charge in [0.1, 0.15) is 5.41 Å². The molecule has 0 bridgehead atoms. The average Bonchev–Trinajstić information content (AvgIpc) is 2.69. The second-order valence-corrected chi connectivity index (χ2v) is 5.56. The van der Waals surface area contributed by atoms with Crippen LogP contribution in [-0.4, -0.2) is 36.6 Å². The fraction of sp³-hybridized carbons (Fsp3) is 0.846. The number of carbonyl (C=O) groups excluding carboxylic acids is 1. The predicted molar refractivity (Wildman–Crippen MR) is 63.0 cm³/mol. The highest BCUT2D eigenvalue weighted by Crippen LogP contribution is 2.46. The van der Waals surface area contributed by atoms with Crippen molar-refractivity contribution in [1.82, 2.24) is 4.90 Å². The fourth-order valence-electron chi connectivity index (χ4n) is 3.16. The Hall–Kier alpha value is -1.08. The molecule has 0 N–H and O–H groups in total. The zero-order valence-corrected chi connectivity index (χ0v) is 10.8. The second-order valence-electron chi connectivity index (χ2n) is 5.56. The van der Waals surface area contributed by atoms with Crippen LogP contribution in [0.25, 0.3) is 0 Å². The fourth-order valence-corrected chi connectivity index (χ4v) is 3.16. The molecular formula is C13H20N2O2. The summed E-state index contributed by atoms with van der Waals surface area (Å²) < 4.78 is 5.48. The normalized spacial score (nSPS) is 40.5. The maximum absolute atomic E-state index is 12.4. The molecule has 0 aromatic rings. The lowest BCUT2D eigenvalue weighted by molar-refractivity contribution is -0.147. The van der Waals surface area contributed by atoms with Crippen molar-refractivity contribution in [3.63, 3.8) is 0 Å². The second kappa shape index (κ2) is 4.30. The van der Waals surface area contributed by atoms with Crippen molar-refractivity contribution >= 4 is 5.91 Å². The van der Waals surface area contributed by atoms with E-state index in [0.717, 1.165) is 6.42 Å². The Kier molecular flexibility index (Phi) is 3.13. The third-order valence-electron chi connectivity index (χ3n) is 4.17. The molecule has 17 heavy (non-hydrogen) atoms. The maximum Gasteiger partial charge on any atom is 0.243 e. The van der Waals surface area contributed by atoms with E-state index in [0.29, 0.717) is 25.4 Å². The Morgan fingerprint density at radius 3 is 2.53 bits per heavy atom. The zero-order chi connectivity index (χ0) is 12.6. The molecule has 1 aliphatic heterocycles. The van der Waals surface area contributed by atoms with Gasteiger partial charge in [-0.2, -0.15) is 5.26 Å². The number of likely N-dealkylation sites (N-methyl/N-ethyl adjacent to an activating group) is 1. The first-order chi connectivity index (χ1) is 8.00. The Balaban J connectivity index is 2.07. The van der Waals surface area contributed by atoms with E-state index in [1.807, 2.05) is 6.92 Å². The van der Waals surface area contributed by atoms with Crippen LogP contribution >= 0.6 is 0 Å². The van der Waals surface area contributed by atoms with Gasteiger partial charge < -0.3 is 9.64 Å². The molecule has 2 unspecified atom stereocenters. The van der Waals surface area contributed by atoms with Crippen LogP contribution < -0.4 is 0 Å². The summed E-state index contributed by atoms with van der Waals surface area (Å²) in [5.74, 6) is 0.477. The van der Waals surface area contributed by atoms with Crippen LogP contribution in [0.1, 0.15) is 33.1 Å². The third kappa shape index (κ3) is 1.93. The summed E-state index contributed by atoms with van der Waals surface area (Å²) in [5.41, 5.74) is -0.753. The molecule has 1 saturated heterocycles. The Bertz CT molecular complexity index is 355. The van der Waals surface area contributed by atoms with Crippen LogP contribution in [0.2, 0.25) is 0 Å². The molecule has 0 aromatic heterocycles. The van der Waals surface area contributed by atoms with Gasteiger partial charge in [-0.3, -0.25) is 4.79 Å². The van der Waals surface area contributed by atoms with Crippen LogP contribution in [0.5, 0.6) is 0 Å². The number of nitrogens with zero attached hydrogens (tertiary/aromatic N) is 2. The molecule has 1 heterocycles. The highest BCUT2D eigenvalue weighted by molar-refractivity contribution is 5.86. The summed E-state index contributed by atoms with van der Waals surface area (Å²) in [6, 6.07) is 2.36. The van der Waals surface area contributed by atoms with E-state index in [4.69, 9.17) is 4.74 Å². The quantitative estimate of drug-likeness (QED) is 0.731. The number of carbonyl (C=O) groups is 1. The number of ether oxygens (including phenoxy) is 1. The summed E-state index contributed by atoms with van der Waals surface area (Å²) in [4.78, 5) is 14.1. The van der Waals surface area contributed by atoms with E-state index in [9.17, 15) is 10.1 Å². The standard InChI is InChI=1S/C13H20N2O2/c1-9-6-13(7-9,8-14)12(16)15(3)11-4-5-17-10(11)2/h9-11H,4-7H2,1-3H3. The molecule has 1 amide bonds. The van der Waals surface area contributed by atoms with Crippen molar-refractivity contribution in [2.24, 2.45) is 11.3 Å². The van der Waals surface area contributed by atoms with Gasteiger partial charge >= 0.3 is 0 Å². The van der Waals surface area contributed by atoms with E-state index >= 15 is 0 Å². The zero-order valence-electron chi connectivity index (χ0n) is 10.8. The third-order valence-corrected chi connectivity index (χ3v) is 4.17. The number of nitriles is 1. The van der Waals surface area contributed by atoms with Crippen LogP contribution in [0, 0.1) is 22.7 Å². The summed E-state index contributed by atoms with van der Waals surface area (Å²) >= 11 is 0. The summed E-state index contributed by atoms with van der Waals surface area (Å²) in [6.07, 6.45) is 2.36. The topological polar surface area (TPSA) is 53.3 Å². The van der Waals surface area contributed by atoms with Gasteiger partial charge in [0.25, 0.3) is 0 Å². The van der Waals surface area contributed by atoms with Crippen LogP contribution in [0.3, 0.4) is 0 Å². The van der Waals surface area contributed by atoms with E-state index in [2.05, 4.69) is 13.0 Å². The summed E-state index contributed by atoms with van der Waals surface area (Å²) in [6.45, 7) is 4.79. The van der Waals surface area contributed by atoms with Crippen molar-refractivity contribution in [3.8, 4) is 6.07 Å². The number of hydrogen-bond acceptors (Lipinski definition) is 3.